The second-order valence-corrected chi connectivity index (χ2v) is 4.70. The smallest absolute Gasteiger partial charge is 0.302 e. The number of rotatable bonds is 5. The Bertz CT molecular complexity index is 536. The lowest BCUT2D eigenvalue weighted by Crippen LogP contribution is -1.98. The molecule has 4 nitrogen and oxygen atoms in total. The van der Waals surface area contributed by atoms with Gasteiger partial charge in [-0.3, -0.25) is 4.79 Å². The number of carbonyl (C=O) groups excluding carboxylic acids is 1. The maximum Gasteiger partial charge on any atom is 0.302 e. The molecule has 4 heteroatoms. The summed E-state index contributed by atoms with van der Waals surface area (Å²) in [7, 11) is 0. The first-order valence-corrected chi connectivity index (χ1v) is 6.43. The van der Waals surface area contributed by atoms with E-state index in [2.05, 4.69) is 10.2 Å². The first kappa shape index (κ1) is 15.8. The summed E-state index contributed by atoms with van der Waals surface area (Å²) in [4.78, 5) is 10.7. The average molecular weight is 272 g/mol. The molecule has 0 amide bonds. The fraction of sp³-hybridized carbons (Fsp3) is 0.312. The Labute approximate surface area is 119 Å². The van der Waals surface area contributed by atoms with Crippen molar-refractivity contribution in [2.45, 2.75) is 34.3 Å². The van der Waals surface area contributed by atoms with Crippen molar-refractivity contribution in [3.8, 4) is 0 Å². The van der Waals surface area contributed by atoms with Crippen molar-refractivity contribution in [1.82, 2.24) is 0 Å². The maximum absolute atomic E-state index is 10.7. The number of nitrogens with zero attached hydrogens (tertiary/aromatic N) is 2. The number of hydrogen-bond acceptors (Lipinski definition) is 4. The van der Waals surface area contributed by atoms with E-state index >= 15 is 0 Å². The molecule has 0 bridgehead atoms. The van der Waals surface area contributed by atoms with E-state index in [-0.39, 0.29) is 12.6 Å². The monoisotopic (exact) mass is 272 g/mol. The Kier molecular flexibility index (Phi) is 6.37. The molecule has 0 unspecified atom stereocenters. The van der Waals surface area contributed by atoms with Crippen molar-refractivity contribution in [3.05, 3.63) is 53.3 Å². The molecule has 0 fully saturated rings. The van der Waals surface area contributed by atoms with Gasteiger partial charge in [-0.2, -0.15) is 10.2 Å². The van der Waals surface area contributed by atoms with Gasteiger partial charge in [0, 0.05) is 6.92 Å². The van der Waals surface area contributed by atoms with Crippen LogP contribution in [0.5, 0.6) is 0 Å². The summed E-state index contributed by atoms with van der Waals surface area (Å²) >= 11 is 0. The van der Waals surface area contributed by atoms with E-state index in [1.807, 2.05) is 57.2 Å². The number of carbonyl (C=O) groups is 1. The number of hydrogen-bond donors (Lipinski definition) is 0. The number of benzene rings is 1. The molecule has 0 aliphatic heterocycles. The third kappa shape index (κ3) is 6.64. The zero-order valence-electron chi connectivity index (χ0n) is 12.4. The van der Waals surface area contributed by atoms with Crippen LogP contribution in [0, 0.1) is 0 Å². The Hall–Kier alpha value is -2.23. The van der Waals surface area contributed by atoms with Crippen LogP contribution < -0.4 is 0 Å². The molecule has 0 radical (unpaired) electrons. The molecule has 1 aromatic rings. The topological polar surface area (TPSA) is 51.0 Å². The highest BCUT2D eigenvalue weighted by atomic mass is 16.5. The minimum absolute atomic E-state index is 0.284. The summed E-state index contributed by atoms with van der Waals surface area (Å²) in [5, 5.41) is 8.27. The first-order chi connectivity index (χ1) is 9.47. The van der Waals surface area contributed by atoms with Gasteiger partial charge in [-0.1, -0.05) is 23.8 Å². The third-order valence-electron chi connectivity index (χ3n) is 2.36. The van der Waals surface area contributed by atoms with Crippen LogP contribution in [0.25, 0.3) is 0 Å². The molecule has 0 aliphatic rings. The summed E-state index contributed by atoms with van der Waals surface area (Å²) in [5.74, 6) is -0.284. The summed E-state index contributed by atoms with van der Waals surface area (Å²) in [6, 6.07) is 7.42. The van der Waals surface area contributed by atoms with Gasteiger partial charge in [0.05, 0.1) is 11.4 Å². The fourth-order valence-electron chi connectivity index (χ4n) is 1.30. The van der Waals surface area contributed by atoms with Gasteiger partial charge in [-0.15, -0.1) is 0 Å². The van der Waals surface area contributed by atoms with E-state index in [0.717, 1.165) is 16.9 Å². The first-order valence-electron chi connectivity index (χ1n) is 6.43. The maximum atomic E-state index is 10.7. The van der Waals surface area contributed by atoms with E-state index in [0.29, 0.717) is 0 Å². The van der Waals surface area contributed by atoms with Gasteiger partial charge in [0.25, 0.3) is 0 Å². The highest BCUT2D eigenvalue weighted by Gasteiger charge is 1.96. The molecule has 1 aromatic carbocycles. The van der Waals surface area contributed by atoms with Crippen LogP contribution in [0.3, 0.4) is 0 Å². The molecule has 0 heterocycles. The van der Waals surface area contributed by atoms with Crippen LogP contribution in [0.2, 0.25) is 0 Å². The van der Waals surface area contributed by atoms with Crippen molar-refractivity contribution < 1.29 is 9.53 Å². The fourth-order valence-corrected chi connectivity index (χ4v) is 1.30. The summed E-state index contributed by atoms with van der Waals surface area (Å²) < 4.78 is 4.91. The molecular formula is C16H20N2O2. The zero-order valence-corrected chi connectivity index (χ0v) is 12.4. The van der Waals surface area contributed by atoms with Gasteiger partial charge in [0.1, 0.15) is 6.61 Å². The molecule has 1 rings (SSSR count). The van der Waals surface area contributed by atoms with Gasteiger partial charge in [0.15, 0.2) is 0 Å². The minimum atomic E-state index is -0.284. The molecule has 0 atom stereocenters. The summed E-state index contributed by atoms with van der Waals surface area (Å²) in [6.45, 7) is 7.64. The molecule has 20 heavy (non-hydrogen) atoms. The minimum Gasteiger partial charge on any atom is -0.461 e. The number of ether oxygens (including phenoxy) is 1. The van der Waals surface area contributed by atoms with Crippen LogP contribution in [0.1, 0.15) is 33.3 Å². The highest BCUT2D eigenvalue weighted by molar-refractivity contribution is 5.65. The lowest BCUT2D eigenvalue weighted by atomic mass is 10.2. The Morgan fingerprint density at radius 3 is 2.30 bits per heavy atom. The van der Waals surface area contributed by atoms with E-state index < -0.39 is 0 Å². The molecular weight excluding hydrogens is 252 g/mol. The van der Waals surface area contributed by atoms with Gasteiger partial charge >= 0.3 is 5.97 Å². The lowest BCUT2D eigenvalue weighted by molar-refractivity contribution is -0.142. The molecule has 0 aliphatic carbocycles. The van der Waals surface area contributed by atoms with Crippen molar-refractivity contribution in [1.29, 1.82) is 0 Å². The molecule has 0 saturated carbocycles. The SMILES string of the molecule is CC(=O)OCc1ccc(N=NC(C)=CC=C(C)C)cc1. The number of allylic oxidation sites excluding steroid dienone is 4. The van der Waals surface area contributed by atoms with Crippen molar-refractivity contribution in [2.24, 2.45) is 10.2 Å². The van der Waals surface area contributed by atoms with E-state index in [1.165, 1.54) is 12.5 Å². The summed E-state index contributed by atoms with van der Waals surface area (Å²) in [5.41, 5.74) is 3.75. The quantitative estimate of drug-likeness (QED) is 0.443. The van der Waals surface area contributed by atoms with Crippen LogP contribution in [0.15, 0.2) is 57.9 Å². The van der Waals surface area contributed by atoms with E-state index in [1.54, 1.807) is 0 Å². The van der Waals surface area contributed by atoms with Crippen LogP contribution in [0.4, 0.5) is 5.69 Å². The van der Waals surface area contributed by atoms with Crippen LogP contribution in [-0.2, 0) is 16.1 Å². The Morgan fingerprint density at radius 2 is 1.75 bits per heavy atom. The standard InChI is InChI=1S/C16H20N2O2/c1-12(2)5-6-13(3)17-18-16-9-7-15(8-10-16)11-20-14(4)19/h5-10H,11H2,1-4H3. The van der Waals surface area contributed by atoms with E-state index in [9.17, 15) is 4.79 Å². The molecule has 106 valence electrons. The average Bonchev–Trinajstić information content (AvgIpc) is 2.41. The Balaban J connectivity index is 2.63. The lowest BCUT2D eigenvalue weighted by Gasteiger charge is -2.01. The normalized spacial score (nSPS) is 11.5. The molecule has 0 saturated heterocycles. The third-order valence-corrected chi connectivity index (χ3v) is 2.36. The predicted molar refractivity (Wildman–Crippen MR) is 79.6 cm³/mol. The largest absolute Gasteiger partial charge is 0.461 e. The van der Waals surface area contributed by atoms with Crippen LogP contribution in [-0.4, -0.2) is 5.97 Å². The molecule has 0 spiro atoms. The van der Waals surface area contributed by atoms with Crippen molar-refractivity contribution >= 4 is 11.7 Å². The second kappa shape index (κ2) is 8.04. The number of azo groups is 1. The molecule has 0 N–H and O–H groups in total. The number of esters is 1. The summed E-state index contributed by atoms with van der Waals surface area (Å²) in [6.07, 6.45) is 3.92. The van der Waals surface area contributed by atoms with Crippen LogP contribution >= 0.6 is 0 Å². The van der Waals surface area contributed by atoms with Gasteiger partial charge in [0.2, 0.25) is 0 Å². The predicted octanol–water partition coefficient (Wildman–Crippen LogP) is 4.70. The van der Waals surface area contributed by atoms with Crippen molar-refractivity contribution in [3.63, 3.8) is 0 Å². The van der Waals surface area contributed by atoms with Gasteiger partial charge in [-0.25, -0.2) is 0 Å². The van der Waals surface area contributed by atoms with Gasteiger partial charge < -0.3 is 4.74 Å². The van der Waals surface area contributed by atoms with E-state index in [4.69, 9.17) is 4.74 Å². The molecule has 0 aromatic heterocycles. The van der Waals surface area contributed by atoms with Gasteiger partial charge in [-0.05, 0) is 44.5 Å². The highest BCUT2D eigenvalue weighted by Crippen LogP contribution is 2.15. The zero-order chi connectivity index (χ0) is 15.0. The van der Waals surface area contributed by atoms with Crippen molar-refractivity contribution in [2.75, 3.05) is 0 Å². The Morgan fingerprint density at radius 1 is 1.10 bits per heavy atom. The second-order valence-electron chi connectivity index (χ2n) is 4.70.